The molecule has 0 saturated heterocycles. The highest BCUT2D eigenvalue weighted by Crippen LogP contribution is 2.16. The van der Waals surface area contributed by atoms with Crippen LogP contribution in [0.2, 0.25) is 19.6 Å². The minimum atomic E-state index is -2.21. The summed E-state index contributed by atoms with van der Waals surface area (Å²) in [5.41, 5.74) is -0.478. The van der Waals surface area contributed by atoms with E-state index < -0.39 is 31.1 Å². The minimum Gasteiger partial charge on any atom is -0.207 e. The molecule has 0 aliphatic carbocycles. The van der Waals surface area contributed by atoms with Crippen LogP contribution in [-0.2, 0) is 0 Å². The van der Waals surface area contributed by atoms with Crippen molar-refractivity contribution < 1.29 is 13.2 Å². The summed E-state index contributed by atoms with van der Waals surface area (Å²) in [6.07, 6.45) is 4.98. The van der Waals surface area contributed by atoms with Crippen molar-refractivity contribution in [1.82, 2.24) is 0 Å². The van der Waals surface area contributed by atoms with Gasteiger partial charge in [0, 0.05) is 11.3 Å². The molecule has 0 aliphatic heterocycles. The molecule has 0 unspecified atom stereocenters. The Morgan fingerprint density at radius 2 is 1.67 bits per heavy atom. The highest BCUT2D eigenvalue weighted by atomic mass is 28.3. The maximum absolute atomic E-state index is 13.7. The van der Waals surface area contributed by atoms with Crippen molar-refractivity contribution in [2.45, 2.75) is 19.6 Å². The molecule has 80 valence electrons. The van der Waals surface area contributed by atoms with Gasteiger partial charge < -0.3 is 0 Å². The fourth-order valence-corrected chi connectivity index (χ4v) is 2.98. The molecule has 1 aromatic rings. The molecule has 15 heavy (non-hydrogen) atoms. The Kier molecular flexibility index (Phi) is 2.96. The van der Waals surface area contributed by atoms with Gasteiger partial charge in [0.05, 0.1) is 13.6 Å². The molecule has 1 rings (SSSR count). The average Bonchev–Trinajstić information content (AvgIpc) is 2.00. The second-order valence-electron chi connectivity index (χ2n) is 4.30. The Hall–Kier alpha value is -1.21. The first-order chi connectivity index (χ1) is 6.79. The smallest absolute Gasteiger partial charge is 0.144 e. The molecule has 0 bridgehead atoms. The van der Waals surface area contributed by atoms with E-state index in [1.165, 1.54) is 0 Å². The van der Waals surface area contributed by atoms with Crippen molar-refractivity contribution in [3.05, 3.63) is 29.1 Å². The van der Waals surface area contributed by atoms with Crippen molar-refractivity contribution >= 4 is 13.3 Å². The van der Waals surface area contributed by atoms with Gasteiger partial charge in [-0.15, -0.1) is 6.42 Å². The second kappa shape index (κ2) is 3.74. The first-order valence-electron chi connectivity index (χ1n) is 4.43. The fourth-order valence-electron chi connectivity index (χ4n) is 1.41. The van der Waals surface area contributed by atoms with Crippen molar-refractivity contribution in [2.24, 2.45) is 0 Å². The lowest BCUT2D eigenvalue weighted by Crippen LogP contribution is -2.43. The summed E-state index contributed by atoms with van der Waals surface area (Å²) in [5.74, 6) is -0.877. The third-order valence-electron chi connectivity index (χ3n) is 2.06. The molecule has 0 heterocycles. The highest BCUT2D eigenvalue weighted by molar-refractivity contribution is 6.88. The van der Waals surface area contributed by atoms with E-state index in [0.717, 1.165) is 0 Å². The quantitative estimate of drug-likeness (QED) is 0.512. The number of rotatable bonds is 1. The average molecular weight is 228 g/mol. The van der Waals surface area contributed by atoms with Crippen LogP contribution in [0.4, 0.5) is 13.2 Å². The third kappa shape index (κ3) is 2.07. The van der Waals surface area contributed by atoms with E-state index in [0.29, 0.717) is 6.07 Å². The zero-order valence-electron chi connectivity index (χ0n) is 8.79. The summed E-state index contributed by atoms with van der Waals surface area (Å²) < 4.78 is 40.2. The van der Waals surface area contributed by atoms with Crippen LogP contribution in [0.15, 0.2) is 6.07 Å². The van der Waals surface area contributed by atoms with Crippen LogP contribution in [0.3, 0.4) is 0 Å². The Bertz CT molecular complexity index is 439. The van der Waals surface area contributed by atoms with Gasteiger partial charge in [0.2, 0.25) is 0 Å². The maximum Gasteiger partial charge on any atom is 0.144 e. The van der Waals surface area contributed by atoms with E-state index in [9.17, 15) is 13.2 Å². The Balaban J connectivity index is 3.63. The molecule has 0 N–H and O–H groups in total. The maximum atomic E-state index is 13.7. The lowest BCUT2D eigenvalue weighted by atomic mass is 10.2. The van der Waals surface area contributed by atoms with Gasteiger partial charge in [-0.1, -0.05) is 25.6 Å². The predicted octanol–water partition coefficient (Wildman–Crippen LogP) is 2.63. The summed E-state index contributed by atoms with van der Waals surface area (Å²) in [5, 5.41) is -0.0446. The van der Waals surface area contributed by atoms with Gasteiger partial charge in [0.15, 0.2) is 0 Å². The largest absolute Gasteiger partial charge is 0.207 e. The molecule has 0 aromatic heterocycles. The van der Waals surface area contributed by atoms with Crippen LogP contribution in [0, 0.1) is 29.8 Å². The Labute approximate surface area is 88.1 Å². The molecule has 0 radical (unpaired) electrons. The van der Waals surface area contributed by atoms with Crippen molar-refractivity contribution in [3.8, 4) is 12.3 Å². The monoisotopic (exact) mass is 228 g/mol. The van der Waals surface area contributed by atoms with Crippen molar-refractivity contribution in [3.63, 3.8) is 0 Å². The van der Waals surface area contributed by atoms with E-state index in [1.54, 1.807) is 19.6 Å². The van der Waals surface area contributed by atoms with Crippen LogP contribution in [-0.4, -0.2) is 8.07 Å². The van der Waals surface area contributed by atoms with Crippen LogP contribution < -0.4 is 5.19 Å². The number of terminal acetylenes is 1. The van der Waals surface area contributed by atoms with Gasteiger partial charge in [-0.3, -0.25) is 0 Å². The molecule has 1 aromatic carbocycles. The van der Waals surface area contributed by atoms with E-state index in [1.807, 2.05) is 5.92 Å². The van der Waals surface area contributed by atoms with Crippen molar-refractivity contribution in [1.29, 1.82) is 0 Å². The van der Waals surface area contributed by atoms with Gasteiger partial charge in [-0.2, -0.15) is 0 Å². The normalized spacial score (nSPS) is 11.3. The van der Waals surface area contributed by atoms with E-state index in [4.69, 9.17) is 6.42 Å². The van der Waals surface area contributed by atoms with E-state index in [-0.39, 0.29) is 5.19 Å². The van der Waals surface area contributed by atoms with Crippen LogP contribution >= 0.6 is 0 Å². The summed E-state index contributed by atoms with van der Waals surface area (Å²) >= 11 is 0. The summed E-state index contributed by atoms with van der Waals surface area (Å²) in [7, 11) is -2.21. The first-order valence-corrected chi connectivity index (χ1v) is 7.93. The van der Waals surface area contributed by atoms with Gasteiger partial charge in [0.25, 0.3) is 0 Å². The Morgan fingerprint density at radius 1 is 1.13 bits per heavy atom. The van der Waals surface area contributed by atoms with Crippen LogP contribution in [0.5, 0.6) is 0 Å². The molecule has 0 atom stereocenters. The topological polar surface area (TPSA) is 0 Å². The zero-order chi connectivity index (χ0) is 11.8. The van der Waals surface area contributed by atoms with Gasteiger partial charge >= 0.3 is 0 Å². The molecular formula is C11H11F3Si. The molecule has 4 heteroatoms. The van der Waals surface area contributed by atoms with Crippen molar-refractivity contribution in [2.75, 3.05) is 0 Å². The number of halogens is 3. The SMILES string of the molecule is C#Cc1c(F)cc(F)c([Si](C)(C)C)c1F. The van der Waals surface area contributed by atoms with E-state index >= 15 is 0 Å². The first kappa shape index (κ1) is 11.9. The van der Waals surface area contributed by atoms with Crippen LogP contribution in [0.25, 0.3) is 0 Å². The van der Waals surface area contributed by atoms with E-state index in [2.05, 4.69) is 0 Å². The van der Waals surface area contributed by atoms with Gasteiger partial charge in [-0.25, -0.2) is 13.2 Å². The molecule has 0 nitrogen and oxygen atoms in total. The Morgan fingerprint density at radius 3 is 2.07 bits per heavy atom. The summed E-state index contributed by atoms with van der Waals surface area (Å²) in [6, 6.07) is 0.659. The van der Waals surface area contributed by atoms with Crippen LogP contribution in [0.1, 0.15) is 5.56 Å². The number of hydrogen-bond donors (Lipinski definition) is 0. The lowest BCUT2D eigenvalue weighted by Gasteiger charge is -2.19. The summed E-state index contributed by atoms with van der Waals surface area (Å²) in [4.78, 5) is 0. The molecular weight excluding hydrogens is 217 g/mol. The van der Waals surface area contributed by atoms with Gasteiger partial charge in [-0.05, 0) is 0 Å². The highest BCUT2D eigenvalue weighted by Gasteiger charge is 2.28. The lowest BCUT2D eigenvalue weighted by molar-refractivity contribution is 0.548. The zero-order valence-corrected chi connectivity index (χ0v) is 9.79. The molecule has 0 aliphatic rings. The minimum absolute atomic E-state index is 0.0446. The fraction of sp³-hybridized carbons (Fsp3) is 0.273. The molecule has 0 spiro atoms. The standard InChI is InChI=1S/C11H11F3Si/c1-5-7-8(12)6-9(13)11(10(7)14)15(2,3)4/h1,6H,2-4H3. The molecule has 0 saturated carbocycles. The predicted molar refractivity (Wildman–Crippen MR) is 57.2 cm³/mol. The molecule has 0 amide bonds. The number of hydrogen-bond acceptors (Lipinski definition) is 0. The summed E-state index contributed by atoms with van der Waals surface area (Å²) in [6.45, 7) is 5.31. The number of benzene rings is 1. The third-order valence-corrected chi connectivity index (χ3v) is 4.02. The second-order valence-corrected chi connectivity index (χ2v) is 9.30. The molecule has 0 fully saturated rings. The van der Waals surface area contributed by atoms with Gasteiger partial charge in [0.1, 0.15) is 17.5 Å².